The Morgan fingerprint density at radius 2 is 1.50 bits per heavy atom. The minimum atomic E-state index is -1.11. The molecule has 0 bridgehead atoms. The van der Waals surface area contributed by atoms with E-state index >= 15 is 0 Å². The topological polar surface area (TPSA) is 55.2 Å². The summed E-state index contributed by atoms with van der Waals surface area (Å²) in [6.45, 7) is 1.47. The van der Waals surface area contributed by atoms with Crippen molar-refractivity contribution in [1.82, 2.24) is 6.15 Å². The molecule has 0 aliphatic rings. The summed E-state index contributed by atoms with van der Waals surface area (Å²) >= 11 is 7.08. The van der Waals surface area contributed by atoms with Crippen LogP contribution < -0.4 is 6.15 Å². The van der Waals surface area contributed by atoms with Crippen molar-refractivity contribution in [2.45, 2.75) is 11.2 Å². The highest BCUT2D eigenvalue weighted by molar-refractivity contribution is 8.00. The summed E-state index contributed by atoms with van der Waals surface area (Å²) in [4.78, 5) is 0. The summed E-state index contributed by atoms with van der Waals surface area (Å²) in [6, 6.07) is 0. The molecule has 0 aromatic heterocycles. The lowest BCUT2D eigenvalue weighted by Crippen LogP contribution is -2.00. The van der Waals surface area contributed by atoms with Crippen LogP contribution in [0.2, 0.25) is 0 Å². The first kappa shape index (κ1) is 9.80. The van der Waals surface area contributed by atoms with Gasteiger partial charge in [-0.05, 0) is 6.92 Å². The normalized spacial score (nSPS) is 10.0. The van der Waals surface area contributed by atoms with Crippen molar-refractivity contribution in [3.05, 3.63) is 0 Å². The van der Waals surface area contributed by atoms with Gasteiger partial charge in [-0.25, -0.2) is 0 Å². The molecule has 6 heavy (non-hydrogen) atoms. The van der Waals surface area contributed by atoms with Crippen molar-refractivity contribution in [3.8, 4) is 0 Å². The Morgan fingerprint density at radius 1 is 1.50 bits per heavy atom. The van der Waals surface area contributed by atoms with Gasteiger partial charge >= 0.3 is 0 Å². The first-order valence-corrected chi connectivity index (χ1v) is 2.07. The fourth-order valence-electron chi connectivity index (χ4n) is 0. The molecule has 40 valence electrons. The van der Waals surface area contributed by atoms with Crippen LogP contribution in [0, 0.1) is 0 Å². The smallest absolute Gasteiger partial charge is 0.148 e. The van der Waals surface area contributed by atoms with Crippen molar-refractivity contribution >= 4 is 25.3 Å². The Balaban J connectivity index is 0. The Morgan fingerprint density at radius 3 is 1.50 bits per heavy atom. The van der Waals surface area contributed by atoms with Gasteiger partial charge in [0.25, 0.3) is 0 Å². The molecule has 0 heterocycles. The minimum Gasteiger partial charge on any atom is -0.371 e. The van der Waals surface area contributed by atoms with E-state index in [2.05, 4.69) is 25.3 Å². The standard InChI is InChI=1S/C2H6OS2.H3N/c1-2(3,4)5;/h3-5H,1H3;1H3. The zero-order chi connectivity index (χ0) is 4.50. The van der Waals surface area contributed by atoms with Gasteiger partial charge in [-0.15, -0.1) is 25.3 Å². The quantitative estimate of drug-likeness (QED) is 0.285. The first-order chi connectivity index (χ1) is 2.00. The van der Waals surface area contributed by atoms with Gasteiger partial charge in [0.1, 0.15) is 4.27 Å². The fraction of sp³-hybridized carbons (Fsp3) is 1.00. The Kier molecular flexibility index (Phi) is 4.47. The molecule has 0 spiro atoms. The number of thiol groups is 2. The van der Waals surface area contributed by atoms with Crippen molar-refractivity contribution in [2.24, 2.45) is 0 Å². The van der Waals surface area contributed by atoms with E-state index in [1.807, 2.05) is 0 Å². The van der Waals surface area contributed by atoms with Gasteiger partial charge in [-0.3, -0.25) is 0 Å². The van der Waals surface area contributed by atoms with Gasteiger partial charge in [-0.2, -0.15) is 0 Å². The minimum absolute atomic E-state index is 0. The Labute approximate surface area is 48.3 Å². The van der Waals surface area contributed by atoms with Crippen molar-refractivity contribution in [1.29, 1.82) is 0 Å². The van der Waals surface area contributed by atoms with E-state index in [1.165, 1.54) is 6.92 Å². The molecule has 0 saturated carbocycles. The second-order valence-electron chi connectivity index (χ2n) is 0.971. The van der Waals surface area contributed by atoms with Crippen LogP contribution in [0.15, 0.2) is 0 Å². The predicted octanol–water partition coefficient (Wildman–Crippen LogP) is 0.674. The van der Waals surface area contributed by atoms with Gasteiger partial charge in [0.05, 0.1) is 0 Å². The summed E-state index contributed by atoms with van der Waals surface area (Å²) in [6.07, 6.45) is 0. The Hall–Kier alpha value is 0.620. The molecule has 0 atom stereocenters. The van der Waals surface area contributed by atoms with E-state index in [0.29, 0.717) is 0 Å². The molecule has 0 amide bonds. The molecule has 0 aliphatic heterocycles. The zero-order valence-corrected chi connectivity index (χ0v) is 5.34. The van der Waals surface area contributed by atoms with Gasteiger partial charge in [-0.1, -0.05) is 0 Å². The van der Waals surface area contributed by atoms with E-state index in [9.17, 15) is 0 Å². The lowest BCUT2D eigenvalue weighted by molar-refractivity contribution is 0.256. The highest BCUT2D eigenvalue weighted by Crippen LogP contribution is 2.10. The van der Waals surface area contributed by atoms with Crippen LogP contribution in [-0.2, 0) is 0 Å². The number of rotatable bonds is 0. The van der Waals surface area contributed by atoms with Crippen LogP contribution >= 0.6 is 25.3 Å². The highest BCUT2D eigenvalue weighted by Gasteiger charge is 2.00. The van der Waals surface area contributed by atoms with Crippen LogP contribution in [0.1, 0.15) is 6.92 Å². The third-order valence-corrected chi connectivity index (χ3v) is 0. The molecule has 0 aromatic rings. The van der Waals surface area contributed by atoms with Gasteiger partial charge in [0.15, 0.2) is 0 Å². The molecule has 4 N–H and O–H groups in total. The van der Waals surface area contributed by atoms with Crippen LogP contribution in [0.25, 0.3) is 0 Å². The average molecular weight is 127 g/mol. The van der Waals surface area contributed by atoms with E-state index in [4.69, 9.17) is 5.11 Å². The van der Waals surface area contributed by atoms with Gasteiger partial charge < -0.3 is 11.3 Å². The molecule has 0 radical (unpaired) electrons. The third-order valence-electron chi connectivity index (χ3n) is 0. The lowest BCUT2D eigenvalue weighted by Gasteiger charge is -2.02. The number of aliphatic hydroxyl groups is 1. The largest absolute Gasteiger partial charge is 0.371 e. The third kappa shape index (κ3) is 157. The van der Waals surface area contributed by atoms with Crippen molar-refractivity contribution < 1.29 is 5.11 Å². The zero-order valence-electron chi connectivity index (χ0n) is 3.55. The summed E-state index contributed by atoms with van der Waals surface area (Å²) < 4.78 is -1.11. The maximum absolute atomic E-state index is 8.25. The summed E-state index contributed by atoms with van der Waals surface area (Å²) in [5.41, 5.74) is 0. The van der Waals surface area contributed by atoms with E-state index < -0.39 is 4.27 Å². The molecule has 4 heteroatoms. The molecular weight excluding hydrogens is 118 g/mol. The monoisotopic (exact) mass is 127 g/mol. The molecule has 0 aromatic carbocycles. The fourth-order valence-corrected chi connectivity index (χ4v) is 0. The maximum Gasteiger partial charge on any atom is 0.148 e. The second-order valence-corrected chi connectivity index (χ2v) is 3.07. The average Bonchev–Trinajstić information content (AvgIpc) is 0.722. The van der Waals surface area contributed by atoms with Crippen LogP contribution in [0.5, 0.6) is 0 Å². The maximum atomic E-state index is 8.25. The highest BCUT2D eigenvalue weighted by atomic mass is 32.2. The number of hydrogen-bond acceptors (Lipinski definition) is 4. The van der Waals surface area contributed by atoms with Crippen LogP contribution in [-0.4, -0.2) is 9.37 Å². The van der Waals surface area contributed by atoms with E-state index in [0.717, 1.165) is 0 Å². The number of hydrogen-bond donors (Lipinski definition) is 4. The Bertz CT molecular complexity index is 27.0. The van der Waals surface area contributed by atoms with Gasteiger partial charge in [0.2, 0.25) is 0 Å². The predicted molar refractivity (Wildman–Crippen MR) is 33.6 cm³/mol. The first-order valence-electron chi connectivity index (χ1n) is 1.17. The molecule has 0 aliphatic carbocycles. The molecule has 0 saturated heterocycles. The summed E-state index contributed by atoms with van der Waals surface area (Å²) in [7, 11) is 0. The van der Waals surface area contributed by atoms with Crippen LogP contribution in [0.3, 0.4) is 0 Å². The molecule has 0 fully saturated rings. The molecular formula is C2H9NOS2. The van der Waals surface area contributed by atoms with Gasteiger partial charge in [0, 0.05) is 0 Å². The SMILES string of the molecule is CC(O)(S)S.N. The second kappa shape index (κ2) is 2.74. The molecule has 2 nitrogen and oxygen atoms in total. The van der Waals surface area contributed by atoms with Crippen molar-refractivity contribution in [2.75, 3.05) is 0 Å². The van der Waals surface area contributed by atoms with Crippen LogP contribution in [0.4, 0.5) is 0 Å². The van der Waals surface area contributed by atoms with E-state index in [-0.39, 0.29) is 6.15 Å². The summed E-state index contributed by atoms with van der Waals surface area (Å²) in [5, 5.41) is 8.25. The lowest BCUT2D eigenvalue weighted by atomic mass is 10.9. The summed E-state index contributed by atoms with van der Waals surface area (Å²) in [5.74, 6) is 0. The molecule has 0 unspecified atom stereocenters. The van der Waals surface area contributed by atoms with E-state index in [1.54, 1.807) is 0 Å². The van der Waals surface area contributed by atoms with Crippen molar-refractivity contribution in [3.63, 3.8) is 0 Å². The molecule has 0 rings (SSSR count).